The first-order chi connectivity index (χ1) is 47.2. The van der Waals surface area contributed by atoms with Gasteiger partial charge in [0.1, 0.15) is 24.2 Å². The van der Waals surface area contributed by atoms with Crippen LogP contribution in [-0.4, -0.2) is 235 Å². The normalized spacial score (nSPS) is 15.9. The summed E-state index contributed by atoms with van der Waals surface area (Å²) in [6.45, 7) is 15.5. The third-order valence-corrected chi connectivity index (χ3v) is 16.0. The van der Waals surface area contributed by atoms with Crippen molar-refractivity contribution in [1.29, 1.82) is 0 Å². The van der Waals surface area contributed by atoms with Crippen molar-refractivity contribution in [2.45, 2.75) is 143 Å². The lowest BCUT2D eigenvalue weighted by atomic mass is 9.98. The van der Waals surface area contributed by atoms with Gasteiger partial charge in [-0.15, -0.1) is 0 Å². The second kappa shape index (κ2) is 41.9. The van der Waals surface area contributed by atoms with E-state index in [2.05, 4.69) is 53.2 Å². The molecule has 0 radical (unpaired) electrons. The number of benzene rings is 2. The van der Waals surface area contributed by atoms with Crippen LogP contribution >= 0.6 is 0 Å². The molecule has 0 saturated carbocycles. The molecule has 4 unspecified atom stereocenters. The predicted octanol–water partition coefficient (Wildman–Crippen LogP) is 3.33. The maximum Gasteiger partial charge on any atom is 0.452 e. The molecule has 10 N–H and O–H groups in total. The molecule has 4 rings (SSSR count). The Kier molecular flexibility index (Phi) is 35.2. The number of likely N-dealkylation sites (tertiary alicyclic amines) is 2. The first-order valence-corrected chi connectivity index (χ1v) is 33.4. The smallest absolute Gasteiger partial charge is 0.377 e. The van der Waals surface area contributed by atoms with Crippen molar-refractivity contribution >= 4 is 70.9 Å². The lowest BCUT2D eigenvalue weighted by molar-refractivity contribution is -0.175. The van der Waals surface area contributed by atoms with Gasteiger partial charge in [-0.3, -0.25) is 47.9 Å². The molecule has 100 heavy (non-hydrogen) atoms. The second-order valence-corrected chi connectivity index (χ2v) is 25.1. The van der Waals surface area contributed by atoms with Crippen molar-refractivity contribution in [2.75, 3.05) is 105 Å². The summed E-state index contributed by atoms with van der Waals surface area (Å²) in [6, 6.07) is 2.36. The Morgan fingerprint density at radius 2 is 0.650 bits per heavy atom. The molecule has 0 spiro atoms. The molecule has 34 heteroatoms. The van der Waals surface area contributed by atoms with Crippen molar-refractivity contribution in [2.24, 2.45) is 23.7 Å². The fourth-order valence-electron chi connectivity index (χ4n) is 10.5. The number of hydrogen-bond donors (Lipinski definition) is 10. The number of carbonyl (C=O) groups is 12. The molecule has 2 aromatic rings. The summed E-state index contributed by atoms with van der Waals surface area (Å²) in [6.07, 6.45) is -8.08. The maximum absolute atomic E-state index is 13.7. The molecule has 0 bridgehead atoms. The zero-order valence-corrected chi connectivity index (χ0v) is 57.6. The van der Waals surface area contributed by atoms with Gasteiger partial charge < -0.3 is 81.9 Å². The largest absolute Gasteiger partial charge is 0.452 e. The number of carbonyl (C=O) groups excluding carboxylic acids is 12. The standard InChI is InChI=1S/C66H96F6N12O16/c1-39(2)49(53(85)65(67,68)69)79-59(91)47-13-11-29-83(47)61(93)51(41(5)6)81-57(89)45-19-15-43(16-20-45)55(87)73-25-31-97-35-37-99-33-27-77-63(95)75-23-9-10-24-76-64(96)78-28-34-100-38-36-98-32-26-74-56(88)44-17-21-46(22-18-44)58(90)82-52(42(7)8)62(94)84-30-12-14-48(84)60(92)80-50(40(3)4)54(86)66(70,71)72/h15-22,39-42,47-52H,9-14,23-38H2,1-8H3,(H,73,87)(H,74,88)(H,79,91)(H,80,92)(H,81,89)(H,82,90)(H2,75,77,95)(H2,76,78,96)/t47?,48?,49?,50?,51-,52-/m0/s1. The zero-order valence-electron chi connectivity index (χ0n) is 57.6. The number of amides is 12. The van der Waals surface area contributed by atoms with E-state index in [1.165, 1.54) is 86.0 Å². The van der Waals surface area contributed by atoms with Gasteiger partial charge in [-0.05, 0) is 111 Å². The average Bonchev–Trinajstić information content (AvgIpc) is 1.59. The summed E-state index contributed by atoms with van der Waals surface area (Å²) in [5.74, 6) is -12.0. The Balaban J connectivity index is 0.956. The SMILES string of the molecule is CC(C)C(NC(=O)C1CCCN1C(=O)[C@@H](NC(=O)c1ccc(C(=O)NCCOCCOCCNC(=O)NCCCCNC(=O)NCCOCCOCCNC(=O)c2ccc(C(=O)N[C@H](C(=O)N3CCCC3C(=O)NC(C(=O)C(F)(F)F)C(C)C)C(C)C)cc2)cc1)C(C)C)C(=O)C(F)(F)F. The van der Waals surface area contributed by atoms with Gasteiger partial charge in [-0.2, -0.15) is 26.3 Å². The minimum atomic E-state index is -5.17. The molecule has 28 nitrogen and oxygen atoms in total. The molecule has 0 aliphatic carbocycles. The number of ketones is 2. The molecule has 2 saturated heterocycles. The third kappa shape index (κ3) is 27.9. The number of alkyl halides is 6. The Morgan fingerprint density at radius 1 is 0.380 bits per heavy atom. The van der Waals surface area contributed by atoms with Crippen LogP contribution in [0.1, 0.15) is 135 Å². The molecule has 2 aliphatic rings. The summed E-state index contributed by atoms with van der Waals surface area (Å²) in [4.78, 5) is 157. The third-order valence-electron chi connectivity index (χ3n) is 16.0. The Labute approximate surface area is 577 Å². The van der Waals surface area contributed by atoms with E-state index in [0.717, 1.165) is 0 Å². The molecule has 12 amide bonds. The van der Waals surface area contributed by atoms with Crippen LogP contribution in [0.15, 0.2) is 48.5 Å². The summed E-state index contributed by atoms with van der Waals surface area (Å²) in [7, 11) is 0. The van der Waals surface area contributed by atoms with Gasteiger partial charge >= 0.3 is 24.4 Å². The quantitative estimate of drug-likeness (QED) is 0.0337. The number of halogens is 6. The zero-order chi connectivity index (χ0) is 74.3. The van der Waals surface area contributed by atoms with E-state index in [0.29, 0.717) is 38.8 Å². The lowest BCUT2D eigenvalue weighted by Gasteiger charge is -2.32. The van der Waals surface area contributed by atoms with Crippen molar-refractivity contribution in [3.63, 3.8) is 0 Å². The fourth-order valence-corrected chi connectivity index (χ4v) is 10.5. The Morgan fingerprint density at radius 3 is 0.930 bits per heavy atom. The van der Waals surface area contributed by atoms with E-state index in [4.69, 9.17) is 18.9 Å². The first kappa shape index (κ1) is 83.9. The monoisotopic (exact) mass is 1430 g/mol. The summed E-state index contributed by atoms with van der Waals surface area (Å²) < 4.78 is 101. The average molecular weight is 1430 g/mol. The molecule has 2 heterocycles. The number of nitrogens with zero attached hydrogens (tertiary/aromatic N) is 2. The van der Waals surface area contributed by atoms with E-state index in [1.807, 2.05) is 0 Å². The number of urea groups is 2. The van der Waals surface area contributed by atoms with Gasteiger partial charge in [0.15, 0.2) is 0 Å². The van der Waals surface area contributed by atoms with Gasteiger partial charge in [0.25, 0.3) is 35.2 Å². The van der Waals surface area contributed by atoms with Crippen LogP contribution in [0.3, 0.4) is 0 Å². The van der Waals surface area contributed by atoms with Crippen LogP contribution in [0.4, 0.5) is 35.9 Å². The van der Waals surface area contributed by atoms with Gasteiger partial charge in [0, 0.05) is 74.6 Å². The van der Waals surface area contributed by atoms with Crippen LogP contribution in [0.5, 0.6) is 0 Å². The lowest BCUT2D eigenvalue weighted by Crippen LogP contribution is -2.58. The van der Waals surface area contributed by atoms with Crippen LogP contribution in [0.25, 0.3) is 0 Å². The highest BCUT2D eigenvalue weighted by Crippen LogP contribution is 2.27. The highest BCUT2D eigenvalue weighted by molar-refractivity contribution is 6.02. The van der Waals surface area contributed by atoms with Gasteiger partial charge in [0.2, 0.25) is 23.6 Å². The summed E-state index contributed by atoms with van der Waals surface area (Å²) in [5.41, 5.74) is 0.749. The predicted molar refractivity (Wildman–Crippen MR) is 350 cm³/mol. The van der Waals surface area contributed by atoms with E-state index >= 15 is 0 Å². The van der Waals surface area contributed by atoms with Gasteiger partial charge in [0.05, 0.1) is 64.9 Å². The number of rotatable bonds is 41. The van der Waals surface area contributed by atoms with Crippen LogP contribution in [0.2, 0.25) is 0 Å². The molecule has 2 aliphatic heterocycles. The van der Waals surface area contributed by atoms with Crippen molar-refractivity contribution in [3.8, 4) is 0 Å². The molecule has 558 valence electrons. The first-order valence-electron chi connectivity index (χ1n) is 33.4. The summed E-state index contributed by atoms with van der Waals surface area (Å²) >= 11 is 0. The maximum atomic E-state index is 13.7. The fraction of sp³-hybridized carbons (Fsp3) is 0.636. The van der Waals surface area contributed by atoms with Crippen LogP contribution < -0.4 is 53.2 Å². The van der Waals surface area contributed by atoms with Gasteiger partial charge in [-0.1, -0.05) is 55.4 Å². The number of Topliss-reactive ketones (excluding diaryl/α,β-unsaturated/α-hetero) is 2. The molecule has 6 atom stereocenters. The second-order valence-electron chi connectivity index (χ2n) is 25.1. The molecule has 2 aromatic carbocycles. The number of unbranched alkanes of at least 4 members (excludes halogenated alkanes) is 1. The molecular weight excluding hydrogens is 1330 g/mol. The van der Waals surface area contributed by atoms with E-state index < -0.39 is 131 Å². The van der Waals surface area contributed by atoms with E-state index in [9.17, 15) is 83.9 Å². The van der Waals surface area contributed by atoms with Crippen molar-refractivity contribution in [1.82, 2.24) is 63.0 Å². The molecular formula is C66H96F6N12O16. The van der Waals surface area contributed by atoms with E-state index in [-0.39, 0.29) is 139 Å². The molecule has 2 fully saturated rings. The number of ether oxygens (including phenoxy) is 4. The van der Waals surface area contributed by atoms with Crippen LogP contribution in [-0.2, 0) is 47.7 Å². The molecule has 0 aromatic heterocycles. The highest BCUT2D eigenvalue weighted by Gasteiger charge is 2.49. The summed E-state index contributed by atoms with van der Waals surface area (Å²) in [5, 5.41) is 25.9. The topological polar surface area (TPSA) is 369 Å². The van der Waals surface area contributed by atoms with Crippen molar-refractivity contribution < 1.29 is 103 Å². The number of hydrogen-bond acceptors (Lipinski definition) is 16. The minimum absolute atomic E-state index is 0.116. The number of nitrogens with one attached hydrogen (secondary N) is 10. The minimum Gasteiger partial charge on any atom is -0.377 e. The highest BCUT2D eigenvalue weighted by atomic mass is 19.4. The van der Waals surface area contributed by atoms with Gasteiger partial charge in [-0.25, -0.2) is 9.59 Å². The van der Waals surface area contributed by atoms with Crippen LogP contribution in [0, 0.1) is 23.7 Å². The Bertz CT molecular complexity index is 2850. The van der Waals surface area contributed by atoms with E-state index in [1.54, 1.807) is 27.7 Å². The van der Waals surface area contributed by atoms with Crippen molar-refractivity contribution in [3.05, 3.63) is 70.8 Å². The Hall–Kier alpha value is -8.50.